The zero-order valence-corrected chi connectivity index (χ0v) is 13.3. The van der Waals surface area contributed by atoms with Gasteiger partial charge in [-0.05, 0) is 36.5 Å². The van der Waals surface area contributed by atoms with Gasteiger partial charge in [-0.2, -0.15) is 0 Å². The van der Waals surface area contributed by atoms with E-state index in [-0.39, 0.29) is 18.1 Å². The Labute approximate surface area is 131 Å². The molecule has 0 spiro atoms. The van der Waals surface area contributed by atoms with Gasteiger partial charge >= 0.3 is 0 Å². The molecule has 0 radical (unpaired) electrons. The van der Waals surface area contributed by atoms with Crippen LogP contribution >= 0.6 is 11.6 Å². The van der Waals surface area contributed by atoms with E-state index in [1.807, 2.05) is 23.1 Å². The smallest absolute Gasteiger partial charge is 0.241 e. The average molecular weight is 307 g/mol. The molecule has 1 aromatic carbocycles. The quantitative estimate of drug-likeness (QED) is 0.868. The lowest BCUT2D eigenvalue weighted by atomic mass is 10.1. The first-order chi connectivity index (χ1) is 10.2. The summed E-state index contributed by atoms with van der Waals surface area (Å²) in [4.78, 5) is 14.6. The minimum Gasteiger partial charge on any atom is -0.322 e. The summed E-state index contributed by atoms with van der Waals surface area (Å²) in [6, 6.07) is 7.80. The Bertz CT molecular complexity index is 515. The van der Waals surface area contributed by atoms with Crippen molar-refractivity contribution < 1.29 is 4.79 Å². The maximum atomic E-state index is 12.6. The Morgan fingerprint density at radius 2 is 2.14 bits per heavy atom. The lowest BCUT2D eigenvalue weighted by Gasteiger charge is -2.24. The summed E-state index contributed by atoms with van der Waals surface area (Å²) >= 11 is 6.11. The number of nitrogens with one attached hydrogen (secondary N) is 1. The standard InChI is InChI=1S/C17H23ClN2O/c1-2-4-15-17(21)20(10-9-12-7-8-12)16(19-15)13-5-3-6-14(18)11-13/h3,5-6,11-12,15-16,19H,2,4,7-10H2,1H3. The number of halogens is 1. The fourth-order valence-electron chi connectivity index (χ4n) is 3.10. The van der Waals surface area contributed by atoms with Gasteiger partial charge < -0.3 is 4.90 Å². The lowest BCUT2D eigenvalue weighted by Crippen LogP contribution is -2.32. The third-order valence-electron chi connectivity index (χ3n) is 4.47. The lowest BCUT2D eigenvalue weighted by molar-refractivity contribution is -0.130. The molecule has 1 heterocycles. The van der Waals surface area contributed by atoms with Crippen molar-refractivity contribution in [3.8, 4) is 0 Å². The summed E-state index contributed by atoms with van der Waals surface area (Å²) in [5, 5.41) is 4.22. The molecule has 2 unspecified atom stereocenters. The van der Waals surface area contributed by atoms with Gasteiger partial charge in [0.1, 0.15) is 6.17 Å². The summed E-state index contributed by atoms with van der Waals surface area (Å²) in [6.07, 6.45) is 5.68. The number of amides is 1. The fourth-order valence-corrected chi connectivity index (χ4v) is 3.29. The first-order valence-electron chi connectivity index (χ1n) is 8.01. The van der Waals surface area contributed by atoms with Crippen molar-refractivity contribution in [1.82, 2.24) is 10.2 Å². The average Bonchev–Trinajstić information content (AvgIpc) is 3.24. The number of hydrogen-bond acceptors (Lipinski definition) is 2. The highest BCUT2D eigenvalue weighted by Gasteiger charge is 2.39. The van der Waals surface area contributed by atoms with E-state index < -0.39 is 0 Å². The van der Waals surface area contributed by atoms with E-state index >= 15 is 0 Å². The number of rotatable bonds is 6. The van der Waals surface area contributed by atoms with Crippen LogP contribution in [0.3, 0.4) is 0 Å². The molecule has 1 amide bonds. The molecule has 2 fully saturated rings. The molecule has 1 aliphatic carbocycles. The number of carbonyl (C=O) groups excluding carboxylic acids is 1. The van der Waals surface area contributed by atoms with E-state index in [1.54, 1.807) is 0 Å². The van der Waals surface area contributed by atoms with Crippen molar-refractivity contribution in [2.75, 3.05) is 6.54 Å². The van der Waals surface area contributed by atoms with Crippen LogP contribution in [0.5, 0.6) is 0 Å². The molecular weight excluding hydrogens is 284 g/mol. The monoisotopic (exact) mass is 306 g/mol. The van der Waals surface area contributed by atoms with Gasteiger partial charge in [0, 0.05) is 11.6 Å². The molecule has 21 heavy (non-hydrogen) atoms. The zero-order valence-electron chi connectivity index (χ0n) is 12.5. The second-order valence-corrected chi connectivity index (χ2v) is 6.67. The molecule has 1 N–H and O–H groups in total. The van der Waals surface area contributed by atoms with Crippen LogP contribution in [-0.2, 0) is 4.79 Å². The van der Waals surface area contributed by atoms with E-state index in [4.69, 9.17) is 11.6 Å². The number of benzene rings is 1. The maximum Gasteiger partial charge on any atom is 0.241 e. The topological polar surface area (TPSA) is 32.3 Å². The summed E-state index contributed by atoms with van der Waals surface area (Å²) in [6.45, 7) is 2.98. The van der Waals surface area contributed by atoms with Crippen LogP contribution in [-0.4, -0.2) is 23.4 Å². The van der Waals surface area contributed by atoms with Crippen LogP contribution in [0.25, 0.3) is 0 Å². The van der Waals surface area contributed by atoms with Gasteiger partial charge in [0.05, 0.1) is 6.04 Å². The number of hydrogen-bond donors (Lipinski definition) is 1. The van der Waals surface area contributed by atoms with Crippen LogP contribution < -0.4 is 5.32 Å². The SMILES string of the molecule is CCCC1NC(c2cccc(Cl)c2)N(CCC2CC2)C1=O. The second-order valence-electron chi connectivity index (χ2n) is 6.23. The molecule has 2 aliphatic rings. The zero-order chi connectivity index (χ0) is 14.8. The van der Waals surface area contributed by atoms with E-state index in [0.717, 1.165) is 42.3 Å². The van der Waals surface area contributed by atoms with Crippen LogP contribution in [0.15, 0.2) is 24.3 Å². The van der Waals surface area contributed by atoms with Gasteiger partial charge in [-0.1, -0.05) is 49.9 Å². The Morgan fingerprint density at radius 3 is 2.81 bits per heavy atom. The molecule has 4 heteroatoms. The van der Waals surface area contributed by atoms with Crippen LogP contribution in [0, 0.1) is 5.92 Å². The Morgan fingerprint density at radius 1 is 1.33 bits per heavy atom. The van der Waals surface area contributed by atoms with Crippen molar-refractivity contribution in [1.29, 1.82) is 0 Å². The van der Waals surface area contributed by atoms with Gasteiger partial charge in [0.2, 0.25) is 5.91 Å². The largest absolute Gasteiger partial charge is 0.322 e. The van der Waals surface area contributed by atoms with Crippen molar-refractivity contribution in [2.45, 2.75) is 51.2 Å². The molecule has 3 nitrogen and oxygen atoms in total. The van der Waals surface area contributed by atoms with Crippen LogP contribution in [0.1, 0.15) is 50.8 Å². The van der Waals surface area contributed by atoms with Crippen LogP contribution in [0.2, 0.25) is 5.02 Å². The minimum absolute atomic E-state index is 0.0218. The first-order valence-corrected chi connectivity index (χ1v) is 8.39. The molecule has 3 rings (SSSR count). The van der Waals surface area contributed by atoms with Crippen molar-refractivity contribution in [3.63, 3.8) is 0 Å². The van der Waals surface area contributed by atoms with Crippen LogP contribution in [0.4, 0.5) is 0 Å². The second kappa shape index (κ2) is 6.37. The van der Waals surface area contributed by atoms with Gasteiger partial charge in [-0.15, -0.1) is 0 Å². The highest BCUT2D eigenvalue weighted by molar-refractivity contribution is 6.30. The van der Waals surface area contributed by atoms with Gasteiger partial charge in [-0.25, -0.2) is 0 Å². The molecule has 114 valence electrons. The van der Waals surface area contributed by atoms with Gasteiger partial charge in [0.15, 0.2) is 0 Å². The molecule has 1 aliphatic heterocycles. The fraction of sp³-hybridized carbons (Fsp3) is 0.588. The Kier molecular flexibility index (Phi) is 4.51. The number of nitrogens with zero attached hydrogens (tertiary/aromatic N) is 1. The first kappa shape index (κ1) is 14.9. The summed E-state index contributed by atoms with van der Waals surface area (Å²) in [5.41, 5.74) is 1.09. The molecular formula is C17H23ClN2O. The highest BCUT2D eigenvalue weighted by Crippen LogP contribution is 2.35. The highest BCUT2D eigenvalue weighted by atomic mass is 35.5. The van der Waals surface area contributed by atoms with E-state index in [9.17, 15) is 4.79 Å². The summed E-state index contributed by atoms with van der Waals surface area (Å²) in [5.74, 6) is 1.09. The molecule has 0 aromatic heterocycles. The number of carbonyl (C=O) groups is 1. The molecule has 2 atom stereocenters. The third kappa shape index (κ3) is 3.41. The Balaban J connectivity index is 1.78. The predicted molar refractivity (Wildman–Crippen MR) is 85.1 cm³/mol. The van der Waals surface area contributed by atoms with Gasteiger partial charge in [0.25, 0.3) is 0 Å². The van der Waals surface area contributed by atoms with Gasteiger partial charge in [-0.3, -0.25) is 10.1 Å². The van der Waals surface area contributed by atoms with E-state index in [2.05, 4.69) is 18.3 Å². The minimum atomic E-state index is -0.0433. The molecule has 1 saturated carbocycles. The van der Waals surface area contributed by atoms with Crippen molar-refractivity contribution in [2.24, 2.45) is 5.92 Å². The molecule has 1 aromatic rings. The van der Waals surface area contributed by atoms with E-state index in [1.165, 1.54) is 12.8 Å². The van der Waals surface area contributed by atoms with Crippen molar-refractivity contribution in [3.05, 3.63) is 34.9 Å². The maximum absolute atomic E-state index is 12.6. The normalized spacial score (nSPS) is 25.6. The van der Waals surface area contributed by atoms with Crippen molar-refractivity contribution >= 4 is 17.5 Å². The molecule has 0 bridgehead atoms. The predicted octanol–water partition coefficient (Wildman–Crippen LogP) is 3.74. The summed E-state index contributed by atoms with van der Waals surface area (Å²) in [7, 11) is 0. The molecule has 1 saturated heterocycles. The van der Waals surface area contributed by atoms with E-state index in [0.29, 0.717) is 0 Å². The third-order valence-corrected chi connectivity index (χ3v) is 4.70. The summed E-state index contributed by atoms with van der Waals surface area (Å²) < 4.78 is 0. The Hall–Kier alpha value is -1.06.